The maximum Gasteiger partial charge on any atom is 0.246 e. The van der Waals surface area contributed by atoms with Gasteiger partial charge in [0.1, 0.15) is 12.1 Å². The number of hydrogen-bond acceptors (Lipinski definition) is 6. The molecule has 1 aromatic carbocycles. The molecule has 0 bridgehead atoms. The van der Waals surface area contributed by atoms with Crippen LogP contribution >= 0.6 is 11.8 Å². The maximum absolute atomic E-state index is 12.9. The number of amides is 5. The second kappa shape index (κ2) is 13.4. The predicted octanol–water partition coefficient (Wildman–Crippen LogP) is 2.35. The van der Waals surface area contributed by atoms with E-state index < -0.39 is 29.1 Å². The van der Waals surface area contributed by atoms with Crippen molar-refractivity contribution >= 4 is 47.0 Å². The molecule has 9 nitrogen and oxygen atoms in total. The molecular weight excluding hydrogens is 480 g/mol. The predicted molar refractivity (Wildman–Crippen MR) is 141 cm³/mol. The summed E-state index contributed by atoms with van der Waals surface area (Å²) in [5, 5.41) is 7.73. The first-order valence-electron chi connectivity index (χ1n) is 12.3. The largest absolute Gasteiger partial charge is 0.344 e. The van der Waals surface area contributed by atoms with Crippen LogP contribution in [0.15, 0.2) is 24.3 Å². The highest BCUT2D eigenvalue weighted by Crippen LogP contribution is 2.23. The number of anilines is 1. The van der Waals surface area contributed by atoms with Crippen molar-refractivity contribution in [2.45, 2.75) is 71.2 Å². The zero-order chi connectivity index (χ0) is 27.0. The number of thioether (sulfide) groups is 1. The van der Waals surface area contributed by atoms with Crippen LogP contribution < -0.4 is 16.0 Å². The Balaban J connectivity index is 1.88. The molecule has 0 aromatic heterocycles. The highest BCUT2D eigenvalue weighted by molar-refractivity contribution is 8.00. The van der Waals surface area contributed by atoms with Gasteiger partial charge in [-0.05, 0) is 49.1 Å². The topological polar surface area (TPSA) is 125 Å². The third-order valence-corrected chi connectivity index (χ3v) is 6.87. The van der Waals surface area contributed by atoms with Crippen molar-refractivity contribution < 1.29 is 24.0 Å². The van der Waals surface area contributed by atoms with Crippen LogP contribution in [0.5, 0.6) is 0 Å². The van der Waals surface area contributed by atoms with Gasteiger partial charge in [-0.3, -0.25) is 28.9 Å². The first-order chi connectivity index (χ1) is 16.9. The van der Waals surface area contributed by atoms with Crippen molar-refractivity contribution in [3.63, 3.8) is 0 Å². The van der Waals surface area contributed by atoms with E-state index in [1.54, 1.807) is 27.0 Å². The SMILES string of the molecule is CSC1CC(=O)N(CCC(=O)N[C@H](C(=O)N[C@@H](C)C(=O)Nc2ccc(CC(C)C)cc2)C(C)C)C1=O. The summed E-state index contributed by atoms with van der Waals surface area (Å²) in [6.45, 7) is 9.40. The maximum atomic E-state index is 12.9. The van der Waals surface area contributed by atoms with Gasteiger partial charge in [0.05, 0.1) is 5.25 Å². The molecule has 36 heavy (non-hydrogen) atoms. The van der Waals surface area contributed by atoms with E-state index in [0.717, 1.165) is 11.3 Å². The average molecular weight is 519 g/mol. The zero-order valence-electron chi connectivity index (χ0n) is 21.9. The lowest BCUT2D eigenvalue weighted by molar-refractivity contribution is -0.139. The minimum Gasteiger partial charge on any atom is -0.344 e. The molecule has 1 heterocycles. The highest BCUT2D eigenvalue weighted by atomic mass is 32.2. The fraction of sp³-hybridized carbons (Fsp3) is 0.577. The molecule has 5 amide bonds. The Morgan fingerprint density at radius 1 is 1.00 bits per heavy atom. The normalized spacial score (nSPS) is 17.3. The lowest BCUT2D eigenvalue weighted by Crippen LogP contribution is -2.54. The van der Waals surface area contributed by atoms with Crippen molar-refractivity contribution in [2.24, 2.45) is 11.8 Å². The molecule has 1 unspecified atom stereocenters. The van der Waals surface area contributed by atoms with E-state index in [9.17, 15) is 24.0 Å². The molecule has 2 rings (SSSR count). The van der Waals surface area contributed by atoms with Crippen molar-refractivity contribution in [3.05, 3.63) is 29.8 Å². The van der Waals surface area contributed by atoms with Crippen LogP contribution in [0.1, 0.15) is 53.0 Å². The van der Waals surface area contributed by atoms with E-state index in [1.165, 1.54) is 17.3 Å². The molecule has 1 aliphatic heterocycles. The molecule has 1 aliphatic rings. The molecule has 0 saturated carbocycles. The van der Waals surface area contributed by atoms with E-state index in [2.05, 4.69) is 29.8 Å². The summed E-state index contributed by atoms with van der Waals surface area (Å²) >= 11 is 1.31. The van der Waals surface area contributed by atoms with Crippen LogP contribution in [-0.4, -0.2) is 64.6 Å². The summed E-state index contributed by atoms with van der Waals surface area (Å²) in [7, 11) is 0. The second-order valence-corrected chi connectivity index (χ2v) is 10.9. The number of imide groups is 1. The Hall–Kier alpha value is -2.88. The van der Waals surface area contributed by atoms with Crippen LogP contribution in [-0.2, 0) is 30.4 Å². The Bertz CT molecular complexity index is 964. The minimum atomic E-state index is -0.869. The number of hydrogen-bond donors (Lipinski definition) is 3. The van der Waals surface area contributed by atoms with E-state index in [-0.39, 0.29) is 43.0 Å². The molecule has 3 N–H and O–H groups in total. The standard InChI is InChI=1S/C26H38N4O5S/c1-15(2)13-18-7-9-19(10-8-18)28-24(33)17(5)27-25(34)23(16(3)4)29-21(31)11-12-30-22(32)14-20(36-6)26(30)35/h7-10,15-17,20,23H,11-14H2,1-6H3,(H,27,34)(H,28,33)(H,29,31)/t17-,20?,23-/m0/s1. The number of likely N-dealkylation sites (tertiary alicyclic amines) is 1. The Labute approximate surface area is 217 Å². The Morgan fingerprint density at radius 3 is 2.17 bits per heavy atom. The monoisotopic (exact) mass is 518 g/mol. The van der Waals surface area contributed by atoms with Gasteiger partial charge in [0.15, 0.2) is 0 Å². The number of nitrogens with one attached hydrogen (secondary N) is 3. The zero-order valence-corrected chi connectivity index (χ0v) is 22.7. The van der Waals surface area contributed by atoms with E-state index >= 15 is 0 Å². The lowest BCUT2D eigenvalue weighted by Gasteiger charge is -2.24. The smallest absolute Gasteiger partial charge is 0.246 e. The molecule has 1 fully saturated rings. The number of nitrogens with zero attached hydrogens (tertiary/aromatic N) is 1. The van der Waals surface area contributed by atoms with Crippen molar-refractivity contribution in [1.82, 2.24) is 15.5 Å². The summed E-state index contributed by atoms with van der Waals surface area (Å²) in [5.74, 6) is -1.59. The summed E-state index contributed by atoms with van der Waals surface area (Å²) in [4.78, 5) is 63.3. The molecule has 0 spiro atoms. The number of benzene rings is 1. The van der Waals surface area contributed by atoms with Gasteiger partial charge in [0, 0.05) is 25.1 Å². The first-order valence-corrected chi connectivity index (χ1v) is 13.6. The molecule has 1 saturated heterocycles. The van der Waals surface area contributed by atoms with Gasteiger partial charge in [-0.2, -0.15) is 11.8 Å². The first kappa shape index (κ1) is 29.4. The summed E-state index contributed by atoms with van der Waals surface area (Å²) in [6, 6.07) is 5.90. The number of carbonyl (C=O) groups excluding carboxylic acids is 5. The van der Waals surface area contributed by atoms with Crippen LogP contribution in [0.2, 0.25) is 0 Å². The van der Waals surface area contributed by atoms with E-state index in [1.807, 2.05) is 24.3 Å². The van der Waals surface area contributed by atoms with Gasteiger partial charge in [0.25, 0.3) is 0 Å². The van der Waals surface area contributed by atoms with Gasteiger partial charge in [-0.15, -0.1) is 0 Å². The van der Waals surface area contributed by atoms with Crippen molar-refractivity contribution in [2.75, 3.05) is 18.1 Å². The van der Waals surface area contributed by atoms with E-state index in [4.69, 9.17) is 0 Å². The summed E-state index contributed by atoms with van der Waals surface area (Å²) < 4.78 is 0. The third kappa shape index (κ3) is 8.36. The van der Waals surface area contributed by atoms with Crippen LogP contribution in [0.3, 0.4) is 0 Å². The lowest BCUT2D eigenvalue weighted by atomic mass is 10.0. The average Bonchev–Trinajstić information content (AvgIpc) is 3.08. The highest BCUT2D eigenvalue weighted by Gasteiger charge is 2.38. The summed E-state index contributed by atoms with van der Waals surface area (Å²) in [5.41, 5.74) is 1.82. The van der Waals surface area contributed by atoms with E-state index in [0.29, 0.717) is 11.6 Å². The molecule has 0 aliphatic carbocycles. The quantitative estimate of drug-likeness (QED) is 0.365. The third-order valence-electron chi connectivity index (χ3n) is 5.93. The van der Waals surface area contributed by atoms with Crippen molar-refractivity contribution in [3.8, 4) is 0 Å². The van der Waals surface area contributed by atoms with Crippen LogP contribution in [0.4, 0.5) is 5.69 Å². The molecule has 10 heteroatoms. The molecule has 198 valence electrons. The van der Waals surface area contributed by atoms with Gasteiger partial charge in [0.2, 0.25) is 29.5 Å². The summed E-state index contributed by atoms with van der Waals surface area (Å²) in [6.07, 6.45) is 2.76. The molecule has 0 radical (unpaired) electrons. The Kier molecular flexibility index (Phi) is 11.0. The number of carbonyl (C=O) groups is 5. The Morgan fingerprint density at radius 2 is 1.64 bits per heavy atom. The fourth-order valence-corrected chi connectivity index (χ4v) is 4.52. The van der Waals surface area contributed by atoms with Gasteiger partial charge >= 0.3 is 0 Å². The van der Waals surface area contributed by atoms with Gasteiger partial charge in [-0.25, -0.2) is 0 Å². The van der Waals surface area contributed by atoms with Crippen LogP contribution in [0.25, 0.3) is 0 Å². The second-order valence-electron chi connectivity index (χ2n) is 9.87. The van der Waals surface area contributed by atoms with Crippen LogP contribution in [0, 0.1) is 11.8 Å². The van der Waals surface area contributed by atoms with Gasteiger partial charge in [-0.1, -0.05) is 39.8 Å². The van der Waals surface area contributed by atoms with Gasteiger partial charge < -0.3 is 16.0 Å². The minimum absolute atomic E-state index is 0.0260. The molecule has 3 atom stereocenters. The van der Waals surface area contributed by atoms with Crippen molar-refractivity contribution in [1.29, 1.82) is 0 Å². The number of rotatable bonds is 12. The fourth-order valence-electron chi connectivity index (χ4n) is 3.88. The molecular formula is C26H38N4O5S. The molecule has 1 aromatic rings.